The molecule has 1 saturated carbocycles. The normalized spacial score (nSPS) is 28.6. The van der Waals surface area contributed by atoms with E-state index >= 15 is 0 Å². The van der Waals surface area contributed by atoms with Crippen LogP contribution in [-0.4, -0.2) is 68.3 Å². The van der Waals surface area contributed by atoms with Crippen molar-refractivity contribution in [1.29, 1.82) is 0 Å². The van der Waals surface area contributed by atoms with Crippen LogP contribution in [0.3, 0.4) is 0 Å². The van der Waals surface area contributed by atoms with Crippen LogP contribution < -0.4 is 0 Å². The van der Waals surface area contributed by atoms with Crippen LogP contribution in [0, 0.1) is 11.8 Å². The van der Waals surface area contributed by atoms with Crippen LogP contribution in [0.15, 0.2) is 12.3 Å². The molecule has 2 saturated heterocycles. The number of nitrogens with zero attached hydrogens (tertiary/aromatic N) is 4. The highest BCUT2D eigenvalue weighted by molar-refractivity contribution is 5.80. The van der Waals surface area contributed by atoms with E-state index in [9.17, 15) is 14.7 Å². The number of aliphatic hydroxyl groups is 1. The molecular formula is C20H30N4O3. The lowest BCUT2D eigenvalue weighted by Gasteiger charge is -2.51. The summed E-state index contributed by atoms with van der Waals surface area (Å²) in [4.78, 5) is 29.1. The van der Waals surface area contributed by atoms with Gasteiger partial charge in [-0.15, -0.1) is 0 Å². The summed E-state index contributed by atoms with van der Waals surface area (Å²) in [5.74, 6) is 0.532. The van der Waals surface area contributed by atoms with Crippen LogP contribution in [0.25, 0.3) is 0 Å². The Labute approximate surface area is 160 Å². The number of hydrogen-bond acceptors (Lipinski definition) is 4. The fraction of sp³-hybridized carbons (Fsp3) is 0.750. The molecule has 0 spiro atoms. The molecule has 1 aliphatic carbocycles. The van der Waals surface area contributed by atoms with Gasteiger partial charge >= 0.3 is 0 Å². The van der Waals surface area contributed by atoms with E-state index in [1.165, 1.54) is 0 Å². The maximum atomic E-state index is 12.7. The fourth-order valence-corrected chi connectivity index (χ4v) is 4.68. The summed E-state index contributed by atoms with van der Waals surface area (Å²) in [5.41, 5.74) is 0.321. The first-order valence-electron chi connectivity index (χ1n) is 10.2. The topological polar surface area (TPSA) is 78.7 Å². The quantitative estimate of drug-likeness (QED) is 0.852. The molecule has 2 amide bonds. The molecule has 0 aromatic carbocycles. The Bertz CT molecular complexity index is 714. The van der Waals surface area contributed by atoms with Crippen molar-refractivity contribution < 1.29 is 14.7 Å². The number of fused-ring (bicyclic) bond motifs is 1. The summed E-state index contributed by atoms with van der Waals surface area (Å²) < 4.78 is 1.80. The van der Waals surface area contributed by atoms with E-state index in [-0.39, 0.29) is 23.7 Å². The molecule has 0 unspecified atom stereocenters. The second kappa shape index (κ2) is 7.26. The zero-order valence-corrected chi connectivity index (χ0v) is 16.1. The van der Waals surface area contributed by atoms with E-state index in [4.69, 9.17) is 0 Å². The number of aryl methyl sites for hydroxylation is 2. The summed E-state index contributed by atoms with van der Waals surface area (Å²) in [6, 6.07) is 1.94. The minimum atomic E-state index is -0.727. The van der Waals surface area contributed by atoms with Crippen molar-refractivity contribution in [2.75, 3.05) is 26.2 Å². The molecule has 1 aromatic heterocycles. The Morgan fingerprint density at radius 3 is 2.56 bits per heavy atom. The molecule has 7 nitrogen and oxygen atoms in total. The molecule has 0 radical (unpaired) electrons. The van der Waals surface area contributed by atoms with Crippen molar-refractivity contribution in [3.63, 3.8) is 0 Å². The van der Waals surface area contributed by atoms with E-state index in [1.807, 2.05) is 22.9 Å². The van der Waals surface area contributed by atoms with Crippen molar-refractivity contribution in [2.45, 2.75) is 50.5 Å². The largest absolute Gasteiger partial charge is 0.389 e. The highest BCUT2D eigenvalue weighted by Gasteiger charge is 2.47. The van der Waals surface area contributed by atoms with Gasteiger partial charge in [-0.05, 0) is 38.2 Å². The predicted molar refractivity (Wildman–Crippen MR) is 99.7 cm³/mol. The summed E-state index contributed by atoms with van der Waals surface area (Å²) in [6.07, 6.45) is 7.27. The third kappa shape index (κ3) is 3.61. The first-order valence-corrected chi connectivity index (χ1v) is 10.2. The number of carbonyl (C=O) groups excluding carboxylic acids is 2. The Hall–Kier alpha value is -1.89. The number of piperidine rings is 2. The first-order chi connectivity index (χ1) is 13.0. The molecule has 1 aromatic rings. The zero-order chi connectivity index (χ0) is 19.0. The minimum Gasteiger partial charge on any atom is -0.389 e. The van der Waals surface area contributed by atoms with Gasteiger partial charge in [0.2, 0.25) is 11.8 Å². The Morgan fingerprint density at radius 1 is 1.22 bits per heavy atom. The van der Waals surface area contributed by atoms with Crippen LogP contribution in [-0.2, 0) is 23.1 Å². The van der Waals surface area contributed by atoms with Crippen LogP contribution in [0.4, 0.5) is 0 Å². The van der Waals surface area contributed by atoms with E-state index in [0.717, 1.165) is 25.0 Å². The lowest BCUT2D eigenvalue weighted by Crippen LogP contribution is -2.62. The minimum absolute atomic E-state index is 0.0373. The molecule has 27 heavy (non-hydrogen) atoms. The van der Waals surface area contributed by atoms with Crippen molar-refractivity contribution in [3.05, 3.63) is 18.0 Å². The average molecular weight is 374 g/mol. The van der Waals surface area contributed by atoms with Crippen molar-refractivity contribution in [3.8, 4) is 0 Å². The predicted octanol–water partition coefficient (Wildman–Crippen LogP) is 0.965. The van der Waals surface area contributed by atoms with Crippen LogP contribution in [0.5, 0.6) is 0 Å². The molecular weight excluding hydrogens is 344 g/mol. The van der Waals surface area contributed by atoms with E-state index in [1.54, 1.807) is 10.9 Å². The van der Waals surface area contributed by atoms with Gasteiger partial charge in [0.05, 0.1) is 5.60 Å². The van der Waals surface area contributed by atoms with Gasteiger partial charge in [0.1, 0.15) is 0 Å². The molecule has 3 heterocycles. The Morgan fingerprint density at radius 2 is 1.93 bits per heavy atom. The standard InChI is InChI=1S/C20H30N4O3/c1-22-17(7-10-21-22)5-6-18(25)23-11-8-20(27)9-12-24(14-16(20)13-23)19(26)15-3-2-4-15/h7,10,15-16,27H,2-6,8-9,11-14H2,1H3/t16-,20-/m1/s1. The second-order valence-electron chi connectivity index (χ2n) is 8.50. The molecule has 0 bridgehead atoms. The third-order valence-corrected chi connectivity index (χ3v) is 6.91. The lowest BCUT2D eigenvalue weighted by atomic mass is 9.74. The van der Waals surface area contributed by atoms with Gasteiger partial charge in [-0.2, -0.15) is 5.10 Å². The van der Waals surface area contributed by atoms with Gasteiger partial charge < -0.3 is 14.9 Å². The fourth-order valence-electron chi connectivity index (χ4n) is 4.68. The Kier molecular flexibility index (Phi) is 4.97. The maximum absolute atomic E-state index is 12.7. The number of aromatic nitrogens is 2. The molecule has 1 N–H and O–H groups in total. The van der Waals surface area contributed by atoms with Crippen LogP contribution in [0.2, 0.25) is 0 Å². The van der Waals surface area contributed by atoms with Crippen LogP contribution in [0.1, 0.15) is 44.2 Å². The summed E-state index contributed by atoms with van der Waals surface area (Å²) in [7, 11) is 1.89. The van der Waals surface area contributed by atoms with Crippen molar-refractivity contribution in [2.24, 2.45) is 18.9 Å². The van der Waals surface area contributed by atoms with Gasteiger partial charge in [-0.3, -0.25) is 14.3 Å². The van der Waals surface area contributed by atoms with Gasteiger partial charge in [-0.1, -0.05) is 6.42 Å². The number of hydrogen-bond donors (Lipinski definition) is 1. The molecule has 2 aliphatic heterocycles. The molecule has 148 valence electrons. The Balaban J connectivity index is 1.35. The van der Waals surface area contributed by atoms with E-state index < -0.39 is 5.60 Å². The molecule has 2 atom stereocenters. The van der Waals surface area contributed by atoms with Crippen LogP contribution >= 0.6 is 0 Å². The van der Waals surface area contributed by atoms with Crippen molar-refractivity contribution >= 4 is 11.8 Å². The van der Waals surface area contributed by atoms with Gasteiger partial charge in [0.15, 0.2) is 0 Å². The molecule has 7 heteroatoms. The number of rotatable bonds is 4. The molecule has 3 aliphatic rings. The zero-order valence-electron chi connectivity index (χ0n) is 16.1. The van der Waals surface area contributed by atoms with Crippen molar-refractivity contribution in [1.82, 2.24) is 19.6 Å². The van der Waals surface area contributed by atoms with E-state index in [0.29, 0.717) is 51.9 Å². The molecule has 3 fully saturated rings. The third-order valence-electron chi connectivity index (χ3n) is 6.91. The van der Waals surface area contributed by atoms with Gasteiger partial charge in [0.25, 0.3) is 0 Å². The molecule has 4 rings (SSSR count). The van der Waals surface area contributed by atoms with Gasteiger partial charge in [0, 0.05) is 63.4 Å². The smallest absolute Gasteiger partial charge is 0.225 e. The number of likely N-dealkylation sites (tertiary alicyclic amines) is 2. The monoisotopic (exact) mass is 374 g/mol. The first kappa shape index (κ1) is 18.5. The maximum Gasteiger partial charge on any atom is 0.225 e. The number of amides is 2. The number of carbonyl (C=O) groups is 2. The highest BCUT2D eigenvalue weighted by Crippen LogP contribution is 2.37. The summed E-state index contributed by atoms with van der Waals surface area (Å²) in [6.45, 7) is 2.39. The lowest BCUT2D eigenvalue weighted by molar-refractivity contribution is -0.157. The second-order valence-corrected chi connectivity index (χ2v) is 8.50. The highest BCUT2D eigenvalue weighted by atomic mass is 16.3. The SMILES string of the molecule is Cn1nccc1CCC(=O)N1CC[C@@]2(O)CCN(C(=O)C3CCC3)C[C@H]2C1. The average Bonchev–Trinajstić information content (AvgIpc) is 3.02. The van der Waals surface area contributed by atoms with E-state index in [2.05, 4.69) is 5.10 Å². The summed E-state index contributed by atoms with van der Waals surface area (Å²) >= 11 is 0. The summed E-state index contributed by atoms with van der Waals surface area (Å²) in [5, 5.41) is 15.2. The van der Waals surface area contributed by atoms with Gasteiger partial charge in [-0.25, -0.2) is 0 Å².